The highest BCUT2D eigenvalue weighted by molar-refractivity contribution is 5.94. The van der Waals surface area contributed by atoms with E-state index in [1.807, 2.05) is 36.9 Å². The lowest BCUT2D eigenvalue weighted by Crippen LogP contribution is -2.38. The molecule has 2 aromatic rings. The molecule has 1 saturated heterocycles. The molecule has 2 amide bonds. The molecule has 1 aromatic carbocycles. The molecule has 0 spiro atoms. The summed E-state index contributed by atoms with van der Waals surface area (Å²) in [6.45, 7) is 7.33. The number of carbonyl (C=O) groups is 2. The first-order chi connectivity index (χ1) is 13.0. The van der Waals surface area contributed by atoms with Gasteiger partial charge < -0.3 is 14.3 Å². The molecule has 1 aliphatic heterocycles. The Balaban J connectivity index is 1.85. The second-order valence-corrected chi connectivity index (χ2v) is 7.33. The monoisotopic (exact) mass is 370 g/mol. The Bertz CT molecular complexity index is 788. The molecular formula is C20H26N4O3. The Morgan fingerprint density at radius 3 is 2.56 bits per heavy atom. The van der Waals surface area contributed by atoms with Crippen LogP contribution in [0.5, 0.6) is 0 Å². The van der Waals surface area contributed by atoms with Crippen molar-refractivity contribution in [2.75, 3.05) is 19.6 Å². The van der Waals surface area contributed by atoms with Crippen LogP contribution >= 0.6 is 0 Å². The Kier molecular flexibility index (Phi) is 5.88. The first-order valence-electron chi connectivity index (χ1n) is 9.39. The third-order valence-corrected chi connectivity index (χ3v) is 4.71. The minimum Gasteiger partial charge on any atom is -0.341 e. The minimum atomic E-state index is -0.337. The smallest absolute Gasteiger partial charge is 0.254 e. The van der Waals surface area contributed by atoms with E-state index in [1.165, 1.54) is 0 Å². The van der Waals surface area contributed by atoms with Gasteiger partial charge in [-0.3, -0.25) is 9.59 Å². The lowest BCUT2D eigenvalue weighted by Gasteiger charge is -2.27. The van der Waals surface area contributed by atoms with E-state index >= 15 is 0 Å². The number of hydrogen-bond acceptors (Lipinski definition) is 5. The van der Waals surface area contributed by atoms with Crippen molar-refractivity contribution in [2.45, 2.75) is 39.7 Å². The minimum absolute atomic E-state index is 0.0883. The van der Waals surface area contributed by atoms with E-state index in [4.69, 9.17) is 4.52 Å². The molecule has 1 aromatic heterocycles. The maximum atomic E-state index is 13.1. The van der Waals surface area contributed by atoms with Gasteiger partial charge in [-0.1, -0.05) is 37.2 Å². The largest absolute Gasteiger partial charge is 0.341 e. The first-order valence-corrected chi connectivity index (χ1v) is 9.39. The molecule has 144 valence electrons. The highest BCUT2D eigenvalue weighted by atomic mass is 16.5. The average Bonchev–Trinajstić information content (AvgIpc) is 2.95. The first kappa shape index (κ1) is 19.1. The lowest BCUT2D eigenvalue weighted by atomic mass is 10.1. The molecule has 1 atom stereocenters. The van der Waals surface area contributed by atoms with E-state index in [0.29, 0.717) is 55.7 Å². The van der Waals surface area contributed by atoms with Crippen molar-refractivity contribution in [2.24, 2.45) is 5.92 Å². The van der Waals surface area contributed by atoms with Crippen LogP contribution < -0.4 is 0 Å². The van der Waals surface area contributed by atoms with Gasteiger partial charge in [-0.05, 0) is 31.4 Å². The Hall–Kier alpha value is -2.70. The van der Waals surface area contributed by atoms with Crippen LogP contribution in [0.4, 0.5) is 0 Å². The standard InChI is InChI=1S/C20H26N4O3/c1-14(2)13-18(25)23-10-9-17(19-21-15(3)22-27-19)24(12-11-23)20(26)16-7-5-4-6-8-16/h4-8,14,17H,9-13H2,1-3H3. The van der Waals surface area contributed by atoms with Gasteiger partial charge in [0.15, 0.2) is 5.82 Å². The van der Waals surface area contributed by atoms with Gasteiger partial charge in [0, 0.05) is 31.6 Å². The van der Waals surface area contributed by atoms with Gasteiger partial charge in [0.1, 0.15) is 6.04 Å². The fourth-order valence-corrected chi connectivity index (χ4v) is 3.35. The molecule has 0 aliphatic carbocycles. The lowest BCUT2D eigenvalue weighted by molar-refractivity contribution is -0.131. The third kappa shape index (κ3) is 4.53. The molecule has 0 bridgehead atoms. The number of nitrogens with zero attached hydrogens (tertiary/aromatic N) is 4. The molecular weight excluding hydrogens is 344 g/mol. The zero-order valence-electron chi connectivity index (χ0n) is 16.1. The van der Waals surface area contributed by atoms with Crippen molar-refractivity contribution >= 4 is 11.8 Å². The molecule has 27 heavy (non-hydrogen) atoms. The van der Waals surface area contributed by atoms with Crippen LogP contribution in [0.25, 0.3) is 0 Å². The van der Waals surface area contributed by atoms with Crippen LogP contribution in [-0.4, -0.2) is 51.4 Å². The van der Waals surface area contributed by atoms with Gasteiger partial charge in [-0.15, -0.1) is 0 Å². The Labute approximate surface area is 159 Å². The van der Waals surface area contributed by atoms with Gasteiger partial charge in [0.05, 0.1) is 0 Å². The highest BCUT2D eigenvalue weighted by Crippen LogP contribution is 2.28. The fourth-order valence-electron chi connectivity index (χ4n) is 3.35. The molecule has 7 nitrogen and oxygen atoms in total. The normalized spacial score (nSPS) is 17.9. The summed E-state index contributed by atoms with van der Waals surface area (Å²) in [7, 11) is 0. The molecule has 0 saturated carbocycles. The Morgan fingerprint density at radius 1 is 1.19 bits per heavy atom. The van der Waals surface area contributed by atoms with Crippen molar-refractivity contribution in [3.8, 4) is 0 Å². The van der Waals surface area contributed by atoms with Gasteiger partial charge in [0.2, 0.25) is 11.8 Å². The van der Waals surface area contributed by atoms with E-state index in [9.17, 15) is 9.59 Å². The van der Waals surface area contributed by atoms with Crippen molar-refractivity contribution in [3.05, 3.63) is 47.6 Å². The summed E-state index contributed by atoms with van der Waals surface area (Å²) in [6.07, 6.45) is 1.08. The molecule has 3 rings (SSSR count). The summed E-state index contributed by atoms with van der Waals surface area (Å²) < 4.78 is 5.38. The number of hydrogen-bond donors (Lipinski definition) is 0. The van der Waals surface area contributed by atoms with E-state index in [-0.39, 0.29) is 17.9 Å². The SMILES string of the molecule is Cc1noc(C2CCN(C(=O)CC(C)C)CCN2C(=O)c2ccccc2)n1. The summed E-state index contributed by atoms with van der Waals surface area (Å²) in [4.78, 5) is 33.6. The molecule has 1 fully saturated rings. The van der Waals surface area contributed by atoms with Crippen LogP contribution in [-0.2, 0) is 4.79 Å². The summed E-state index contributed by atoms with van der Waals surface area (Å²) in [5.41, 5.74) is 0.612. The maximum Gasteiger partial charge on any atom is 0.254 e. The van der Waals surface area contributed by atoms with E-state index < -0.39 is 0 Å². The molecule has 7 heteroatoms. The second kappa shape index (κ2) is 8.33. The summed E-state index contributed by atoms with van der Waals surface area (Å²) >= 11 is 0. The van der Waals surface area contributed by atoms with Gasteiger partial charge >= 0.3 is 0 Å². The van der Waals surface area contributed by atoms with Crippen molar-refractivity contribution in [1.82, 2.24) is 19.9 Å². The quantitative estimate of drug-likeness (QED) is 0.827. The zero-order chi connectivity index (χ0) is 19.4. The number of amides is 2. The predicted molar refractivity (Wildman–Crippen MR) is 99.9 cm³/mol. The average molecular weight is 370 g/mol. The summed E-state index contributed by atoms with van der Waals surface area (Å²) in [5.74, 6) is 1.30. The van der Waals surface area contributed by atoms with Crippen molar-refractivity contribution in [1.29, 1.82) is 0 Å². The topological polar surface area (TPSA) is 79.5 Å². The van der Waals surface area contributed by atoms with Crippen LogP contribution in [0.2, 0.25) is 0 Å². The van der Waals surface area contributed by atoms with Gasteiger partial charge in [0.25, 0.3) is 5.91 Å². The predicted octanol–water partition coefficient (Wildman–Crippen LogP) is 2.84. The number of benzene rings is 1. The van der Waals surface area contributed by atoms with Gasteiger partial charge in [-0.2, -0.15) is 4.98 Å². The van der Waals surface area contributed by atoms with Crippen LogP contribution in [0.3, 0.4) is 0 Å². The van der Waals surface area contributed by atoms with E-state index in [0.717, 1.165) is 0 Å². The second-order valence-electron chi connectivity index (χ2n) is 7.33. The van der Waals surface area contributed by atoms with Crippen LogP contribution in [0.15, 0.2) is 34.9 Å². The van der Waals surface area contributed by atoms with Crippen molar-refractivity contribution < 1.29 is 14.1 Å². The van der Waals surface area contributed by atoms with E-state index in [1.54, 1.807) is 24.0 Å². The molecule has 0 radical (unpaired) electrons. The fraction of sp³-hybridized carbons (Fsp3) is 0.500. The molecule has 2 heterocycles. The number of aryl methyl sites for hydroxylation is 1. The summed E-state index contributed by atoms with van der Waals surface area (Å²) in [5, 5.41) is 3.88. The Morgan fingerprint density at radius 2 is 1.93 bits per heavy atom. The number of aromatic nitrogens is 2. The highest BCUT2D eigenvalue weighted by Gasteiger charge is 2.34. The number of rotatable bonds is 4. The van der Waals surface area contributed by atoms with E-state index in [2.05, 4.69) is 10.1 Å². The third-order valence-electron chi connectivity index (χ3n) is 4.71. The van der Waals surface area contributed by atoms with Crippen molar-refractivity contribution in [3.63, 3.8) is 0 Å². The van der Waals surface area contributed by atoms with Crippen LogP contribution in [0.1, 0.15) is 54.8 Å². The van der Waals surface area contributed by atoms with Crippen LogP contribution in [0, 0.1) is 12.8 Å². The summed E-state index contributed by atoms with van der Waals surface area (Å²) in [6, 6.07) is 8.82. The number of carbonyl (C=O) groups excluding carboxylic acids is 2. The molecule has 1 aliphatic rings. The molecule has 0 N–H and O–H groups in total. The zero-order valence-corrected chi connectivity index (χ0v) is 16.1. The molecule has 1 unspecified atom stereocenters. The maximum absolute atomic E-state index is 13.1. The van der Waals surface area contributed by atoms with Gasteiger partial charge in [-0.25, -0.2) is 0 Å².